The highest BCUT2D eigenvalue weighted by Gasteiger charge is 2.12. The van der Waals surface area contributed by atoms with Crippen LogP contribution < -0.4 is 10.1 Å². The third-order valence-corrected chi connectivity index (χ3v) is 2.87. The average Bonchev–Trinajstić information content (AvgIpc) is 2.46. The average molecular weight is 272 g/mol. The molecule has 0 fully saturated rings. The number of benzene rings is 1. The lowest BCUT2D eigenvalue weighted by molar-refractivity contribution is -0.117. The summed E-state index contributed by atoms with van der Waals surface area (Å²) in [4.78, 5) is 12.0. The first-order valence-electron chi connectivity index (χ1n) is 6.76. The molecule has 1 amide bonds. The second-order valence-electron chi connectivity index (χ2n) is 4.42. The summed E-state index contributed by atoms with van der Waals surface area (Å²) < 4.78 is 5.48. The Morgan fingerprint density at radius 1 is 1.45 bits per heavy atom. The van der Waals surface area contributed by atoms with Gasteiger partial charge < -0.3 is 10.1 Å². The number of carbonyl (C=O) groups excluding carboxylic acids is 1. The predicted molar refractivity (Wildman–Crippen MR) is 79.1 cm³/mol. The molecule has 1 rings (SSSR count). The fourth-order valence-electron chi connectivity index (χ4n) is 1.59. The summed E-state index contributed by atoms with van der Waals surface area (Å²) in [5, 5.41) is 11.9. The van der Waals surface area contributed by atoms with Gasteiger partial charge in [-0.1, -0.05) is 25.1 Å². The Hall–Kier alpha value is -2.28. The minimum absolute atomic E-state index is 0.0429. The van der Waals surface area contributed by atoms with Crippen molar-refractivity contribution >= 4 is 12.0 Å². The molecule has 106 valence electrons. The number of nitrogens with zero attached hydrogens (tertiary/aromatic N) is 1. The van der Waals surface area contributed by atoms with E-state index in [1.54, 1.807) is 6.08 Å². The lowest BCUT2D eigenvalue weighted by Crippen LogP contribution is -2.32. The molecule has 1 atom stereocenters. The van der Waals surface area contributed by atoms with E-state index in [0.717, 1.165) is 12.0 Å². The van der Waals surface area contributed by atoms with Crippen LogP contribution in [0.4, 0.5) is 0 Å². The van der Waals surface area contributed by atoms with Gasteiger partial charge in [0.05, 0.1) is 6.61 Å². The van der Waals surface area contributed by atoms with Crippen LogP contribution in [0.15, 0.2) is 29.8 Å². The first-order chi connectivity index (χ1) is 9.62. The molecular formula is C16H20N2O2. The van der Waals surface area contributed by atoms with Crippen molar-refractivity contribution < 1.29 is 9.53 Å². The van der Waals surface area contributed by atoms with Crippen LogP contribution in [-0.2, 0) is 4.79 Å². The normalized spacial score (nSPS) is 12.4. The van der Waals surface area contributed by atoms with E-state index >= 15 is 0 Å². The third kappa shape index (κ3) is 4.43. The Bertz CT molecular complexity index is 530. The molecule has 0 saturated carbocycles. The second-order valence-corrected chi connectivity index (χ2v) is 4.42. The topological polar surface area (TPSA) is 62.1 Å². The summed E-state index contributed by atoms with van der Waals surface area (Å²) in [6, 6.07) is 9.32. The molecule has 0 spiro atoms. The van der Waals surface area contributed by atoms with E-state index < -0.39 is 0 Å². The van der Waals surface area contributed by atoms with E-state index in [2.05, 4.69) is 5.32 Å². The Kier molecular flexibility index (Phi) is 6.31. The Balaban J connectivity index is 3.00. The molecule has 1 aromatic carbocycles. The van der Waals surface area contributed by atoms with Crippen LogP contribution in [0, 0.1) is 11.3 Å². The maximum atomic E-state index is 12.0. The Labute approximate surface area is 120 Å². The van der Waals surface area contributed by atoms with E-state index in [1.165, 1.54) is 0 Å². The molecule has 0 unspecified atom stereocenters. The lowest BCUT2D eigenvalue weighted by atomic mass is 10.1. The summed E-state index contributed by atoms with van der Waals surface area (Å²) in [6.45, 7) is 6.30. The number of nitrogens with one attached hydrogen (secondary N) is 1. The number of rotatable bonds is 6. The smallest absolute Gasteiger partial charge is 0.262 e. The van der Waals surface area contributed by atoms with E-state index in [-0.39, 0.29) is 17.5 Å². The largest absolute Gasteiger partial charge is 0.493 e. The Morgan fingerprint density at radius 3 is 2.75 bits per heavy atom. The van der Waals surface area contributed by atoms with Crippen LogP contribution >= 0.6 is 0 Å². The van der Waals surface area contributed by atoms with Crippen molar-refractivity contribution in [3.05, 3.63) is 35.4 Å². The van der Waals surface area contributed by atoms with Crippen LogP contribution in [0.2, 0.25) is 0 Å². The first kappa shape index (κ1) is 15.8. The number of nitriles is 1. The number of amides is 1. The van der Waals surface area contributed by atoms with Crippen molar-refractivity contribution in [2.45, 2.75) is 33.2 Å². The minimum atomic E-state index is -0.354. The van der Waals surface area contributed by atoms with Crippen LogP contribution in [0.5, 0.6) is 5.75 Å². The maximum Gasteiger partial charge on any atom is 0.262 e. The standard InChI is InChI=1S/C16H20N2O2/c1-4-12(3)18-16(19)14(11-17)10-13-8-6-7-9-15(13)20-5-2/h6-10,12H,4-5H2,1-3H3,(H,18,19)/b14-10+/t12-/m0/s1. The van der Waals surface area contributed by atoms with Gasteiger partial charge in [-0.3, -0.25) is 4.79 Å². The van der Waals surface area contributed by atoms with E-state index in [0.29, 0.717) is 12.4 Å². The molecule has 0 aliphatic rings. The molecule has 0 aromatic heterocycles. The van der Waals surface area contributed by atoms with Crippen molar-refractivity contribution in [2.24, 2.45) is 0 Å². The Morgan fingerprint density at radius 2 is 2.15 bits per heavy atom. The highest BCUT2D eigenvalue weighted by molar-refractivity contribution is 6.02. The number of hydrogen-bond acceptors (Lipinski definition) is 3. The second kappa shape index (κ2) is 8.00. The van der Waals surface area contributed by atoms with Crippen LogP contribution in [0.1, 0.15) is 32.8 Å². The van der Waals surface area contributed by atoms with Gasteiger partial charge in [0.1, 0.15) is 17.4 Å². The summed E-state index contributed by atoms with van der Waals surface area (Å²) in [6.07, 6.45) is 2.38. The van der Waals surface area contributed by atoms with Gasteiger partial charge in [0, 0.05) is 11.6 Å². The quantitative estimate of drug-likeness (QED) is 0.639. The first-order valence-corrected chi connectivity index (χ1v) is 6.76. The zero-order chi connectivity index (χ0) is 15.0. The molecule has 0 aliphatic heterocycles. The van der Waals surface area contributed by atoms with Gasteiger partial charge >= 0.3 is 0 Å². The molecule has 1 aromatic rings. The van der Waals surface area contributed by atoms with Gasteiger partial charge in [-0.2, -0.15) is 5.26 Å². The van der Waals surface area contributed by atoms with Crippen molar-refractivity contribution in [1.82, 2.24) is 5.32 Å². The number of hydrogen-bond donors (Lipinski definition) is 1. The molecule has 0 radical (unpaired) electrons. The van der Waals surface area contributed by atoms with E-state index in [1.807, 2.05) is 51.1 Å². The van der Waals surface area contributed by atoms with Crippen molar-refractivity contribution in [3.63, 3.8) is 0 Å². The lowest BCUT2D eigenvalue weighted by Gasteiger charge is -2.11. The van der Waals surface area contributed by atoms with Crippen molar-refractivity contribution in [3.8, 4) is 11.8 Å². The molecule has 20 heavy (non-hydrogen) atoms. The van der Waals surface area contributed by atoms with Crippen LogP contribution in [0.3, 0.4) is 0 Å². The SMILES string of the molecule is CCOc1ccccc1/C=C(\C#N)C(=O)N[C@@H](C)CC. The number of ether oxygens (including phenoxy) is 1. The monoisotopic (exact) mass is 272 g/mol. The molecular weight excluding hydrogens is 252 g/mol. The zero-order valence-corrected chi connectivity index (χ0v) is 12.1. The van der Waals surface area contributed by atoms with E-state index in [9.17, 15) is 4.79 Å². The number of para-hydroxylation sites is 1. The molecule has 4 heteroatoms. The molecule has 0 aliphatic carbocycles. The van der Waals surface area contributed by atoms with Gasteiger partial charge in [-0.15, -0.1) is 0 Å². The van der Waals surface area contributed by atoms with Gasteiger partial charge in [0.25, 0.3) is 5.91 Å². The minimum Gasteiger partial charge on any atom is -0.493 e. The highest BCUT2D eigenvalue weighted by atomic mass is 16.5. The predicted octanol–water partition coefficient (Wildman–Crippen LogP) is 2.91. The van der Waals surface area contributed by atoms with Crippen molar-refractivity contribution in [1.29, 1.82) is 5.26 Å². The van der Waals surface area contributed by atoms with Crippen LogP contribution in [-0.4, -0.2) is 18.6 Å². The molecule has 0 bridgehead atoms. The third-order valence-electron chi connectivity index (χ3n) is 2.87. The van der Waals surface area contributed by atoms with Gasteiger partial charge in [-0.25, -0.2) is 0 Å². The molecule has 4 nitrogen and oxygen atoms in total. The van der Waals surface area contributed by atoms with Crippen LogP contribution in [0.25, 0.3) is 6.08 Å². The summed E-state index contributed by atoms with van der Waals surface area (Å²) >= 11 is 0. The number of carbonyl (C=O) groups is 1. The van der Waals surface area contributed by atoms with Gasteiger partial charge in [0.2, 0.25) is 0 Å². The van der Waals surface area contributed by atoms with Gasteiger partial charge in [-0.05, 0) is 32.4 Å². The molecule has 0 saturated heterocycles. The summed E-state index contributed by atoms with van der Waals surface area (Å²) in [7, 11) is 0. The maximum absolute atomic E-state index is 12.0. The summed E-state index contributed by atoms with van der Waals surface area (Å²) in [5.41, 5.74) is 0.808. The molecule has 1 N–H and O–H groups in total. The van der Waals surface area contributed by atoms with Crippen molar-refractivity contribution in [2.75, 3.05) is 6.61 Å². The summed E-state index contributed by atoms with van der Waals surface area (Å²) in [5.74, 6) is 0.312. The highest BCUT2D eigenvalue weighted by Crippen LogP contribution is 2.21. The fourth-order valence-corrected chi connectivity index (χ4v) is 1.59. The van der Waals surface area contributed by atoms with E-state index in [4.69, 9.17) is 10.00 Å². The zero-order valence-electron chi connectivity index (χ0n) is 12.1. The van der Waals surface area contributed by atoms with Gasteiger partial charge in [0.15, 0.2) is 0 Å². The molecule has 0 heterocycles. The fraction of sp³-hybridized carbons (Fsp3) is 0.375.